The van der Waals surface area contributed by atoms with E-state index < -0.39 is 15.8 Å². The average Bonchev–Trinajstić information content (AvgIpc) is 2.36. The lowest BCUT2D eigenvalue weighted by molar-refractivity contribution is 0.485. The van der Waals surface area contributed by atoms with Gasteiger partial charge in [-0.15, -0.1) is 0 Å². The second-order valence-electron chi connectivity index (χ2n) is 5.45. The van der Waals surface area contributed by atoms with Crippen LogP contribution in [0.3, 0.4) is 0 Å². The Morgan fingerprint density at radius 3 is 2.45 bits per heavy atom. The van der Waals surface area contributed by atoms with Crippen molar-refractivity contribution in [2.45, 2.75) is 51.1 Å². The minimum atomic E-state index is -3.63. The first-order chi connectivity index (χ1) is 9.26. The zero-order valence-electron chi connectivity index (χ0n) is 12.2. The SMILES string of the molecule is CC(C)CCC(C)NS(=O)(=O)c1ccc(F)c(CN)c1. The van der Waals surface area contributed by atoms with Crippen molar-refractivity contribution in [3.8, 4) is 0 Å². The lowest BCUT2D eigenvalue weighted by Gasteiger charge is -2.15. The molecule has 0 heterocycles. The Labute approximate surface area is 120 Å². The molecule has 0 spiro atoms. The van der Waals surface area contributed by atoms with Crippen LogP contribution in [0.1, 0.15) is 39.2 Å². The molecule has 6 heteroatoms. The number of benzene rings is 1. The summed E-state index contributed by atoms with van der Waals surface area (Å²) in [5.41, 5.74) is 5.59. The predicted octanol–water partition coefficient (Wildman–Crippen LogP) is 2.39. The Hall–Kier alpha value is -0.980. The number of hydrogen-bond acceptors (Lipinski definition) is 3. The van der Waals surface area contributed by atoms with E-state index in [-0.39, 0.29) is 23.0 Å². The number of sulfonamides is 1. The Bertz CT molecular complexity index is 544. The Balaban J connectivity index is 2.83. The van der Waals surface area contributed by atoms with Gasteiger partial charge in [-0.1, -0.05) is 13.8 Å². The van der Waals surface area contributed by atoms with Crippen LogP contribution in [0.25, 0.3) is 0 Å². The maximum Gasteiger partial charge on any atom is 0.240 e. The lowest BCUT2D eigenvalue weighted by Crippen LogP contribution is -2.33. The van der Waals surface area contributed by atoms with Crippen LogP contribution < -0.4 is 10.5 Å². The van der Waals surface area contributed by atoms with Crippen LogP contribution in [0.4, 0.5) is 4.39 Å². The minimum absolute atomic E-state index is 0.0297. The molecule has 3 N–H and O–H groups in total. The Kier molecular flexibility index (Phi) is 6.10. The van der Waals surface area contributed by atoms with Crippen molar-refractivity contribution >= 4 is 10.0 Å². The van der Waals surface area contributed by atoms with Crippen molar-refractivity contribution in [2.75, 3.05) is 0 Å². The van der Waals surface area contributed by atoms with Crippen molar-refractivity contribution in [3.63, 3.8) is 0 Å². The first kappa shape index (κ1) is 17.1. The van der Waals surface area contributed by atoms with E-state index in [0.29, 0.717) is 5.92 Å². The molecule has 0 fully saturated rings. The third-order valence-corrected chi connectivity index (χ3v) is 4.67. The molecule has 114 valence electrons. The van der Waals surface area contributed by atoms with Crippen molar-refractivity contribution < 1.29 is 12.8 Å². The van der Waals surface area contributed by atoms with Gasteiger partial charge in [0.1, 0.15) is 5.82 Å². The topological polar surface area (TPSA) is 72.2 Å². The summed E-state index contributed by atoms with van der Waals surface area (Å²) in [5.74, 6) is 0.0379. The normalized spacial score (nSPS) is 13.7. The monoisotopic (exact) mass is 302 g/mol. The number of halogens is 1. The van der Waals surface area contributed by atoms with Gasteiger partial charge in [0.25, 0.3) is 0 Å². The maximum absolute atomic E-state index is 13.3. The van der Waals surface area contributed by atoms with E-state index in [9.17, 15) is 12.8 Å². The highest BCUT2D eigenvalue weighted by Gasteiger charge is 2.18. The largest absolute Gasteiger partial charge is 0.326 e. The fourth-order valence-corrected chi connectivity index (χ4v) is 3.18. The summed E-state index contributed by atoms with van der Waals surface area (Å²) in [4.78, 5) is 0.0516. The van der Waals surface area contributed by atoms with Crippen LogP contribution in [0.2, 0.25) is 0 Å². The highest BCUT2D eigenvalue weighted by atomic mass is 32.2. The van der Waals surface area contributed by atoms with Crippen LogP contribution in [0.5, 0.6) is 0 Å². The molecule has 0 bridgehead atoms. The van der Waals surface area contributed by atoms with E-state index in [1.807, 2.05) is 6.92 Å². The fraction of sp³-hybridized carbons (Fsp3) is 0.571. The molecule has 0 saturated heterocycles. The molecular formula is C14H23FN2O2S. The first-order valence-corrected chi connectivity index (χ1v) is 8.25. The van der Waals surface area contributed by atoms with Crippen LogP contribution in [0, 0.1) is 11.7 Å². The molecule has 20 heavy (non-hydrogen) atoms. The van der Waals surface area contributed by atoms with Gasteiger partial charge in [0.2, 0.25) is 10.0 Å². The summed E-state index contributed by atoms with van der Waals surface area (Å²) in [6.45, 7) is 5.98. The van der Waals surface area contributed by atoms with E-state index in [0.717, 1.165) is 18.9 Å². The third-order valence-electron chi connectivity index (χ3n) is 3.08. The number of nitrogens with two attached hydrogens (primary N) is 1. The quantitative estimate of drug-likeness (QED) is 0.812. The fourth-order valence-electron chi connectivity index (χ4n) is 1.85. The van der Waals surface area contributed by atoms with Gasteiger partial charge in [0, 0.05) is 18.2 Å². The highest BCUT2D eigenvalue weighted by Crippen LogP contribution is 2.16. The summed E-state index contributed by atoms with van der Waals surface area (Å²) < 4.78 is 40.3. The molecule has 1 rings (SSSR count). The van der Waals surface area contributed by atoms with Gasteiger partial charge in [0.05, 0.1) is 4.90 Å². The highest BCUT2D eigenvalue weighted by molar-refractivity contribution is 7.89. The molecule has 0 aromatic heterocycles. The molecule has 1 atom stereocenters. The summed E-state index contributed by atoms with van der Waals surface area (Å²) in [5, 5.41) is 0. The summed E-state index contributed by atoms with van der Waals surface area (Å²) in [6, 6.07) is 3.52. The van der Waals surface area contributed by atoms with Crippen molar-refractivity contribution in [1.29, 1.82) is 0 Å². The molecule has 0 aliphatic heterocycles. The molecular weight excluding hydrogens is 279 g/mol. The van der Waals surface area contributed by atoms with E-state index in [4.69, 9.17) is 5.73 Å². The second kappa shape index (κ2) is 7.15. The molecule has 0 aliphatic carbocycles. The van der Waals surface area contributed by atoms with Gasteiger partial charge in [0.15, 0.2) is 0 Å². The Morgan fingerprint density at radius 1 is 1.25 bits per heavy atom. The van der Waals surface area contributed by atoms with Gasteiger partial charge in [-0.05, 0) is 43.9 Å². The molecule has 4 nitrogen and oxygen atoms in total. The van der Waals surface area contributed by atoms with Crippen molar-refractivity contribution in [2.24, 2.45) is 11.7 Å². The average molecular weight is 302 g/mol. The third kappa shape index (κ3) is 4.85. The summed E-state index contributed by atoms with van der Waals surface area (Å²) in [6.07, 6.45) is 1.71. The zero-order chi connectivity index (χ0) is 15.3. The van der Waals surface area contributed by atoms with Crippen LogP contribution in [-0.2, 0) is 16.6 Å². The molecule has 1 aromatic carbocycles. The van der Waals surface area contributed by atoms with E-state index in [1.165, 1.54) is 12.1 Å². The van der Waals surface area contributed by atoms with E-state index >= 15 is 0 Å². The molecule has 0 amide bonds. The van der Waals surface area contributed by atoms with Gasteiger partial charge >= 0.3 is 0 Å². The maximum atomic E-state index is 13.3. The Morgan fingerprint density at radius 2 is 1.90 bits per heavy atom. The smallest absolute Gasteiger partial charge is 0.240 e. The van der Waals surface area contributed by atoms with Crippen LogP contribution in [-0.4, -0.2) is 14.5 Å². The molecule has 1 aromatic rings. The summed E-state index contributed by atoms with van der Waals surface area (Å²) in [7, 11) is -3.63. The molecule has 0 aliphatic rings. The predicted molar refractivity (Wildman–Crippen MR) is 78.1 cm³/mol. The van der Waals surface area contributed by atoms with Crippen molar-refractivity contribution in [3.05, 3.63) is 29.6 Å². The second-order valence-corrected chi connectivity index (χ2v) is 7.16. The molecule has 1 unspecified atom stereocenters. The number of nitrogens with one attached hydrogen (secondary N) is 1. The van der Waals surface area contributed by atoms with Gasteiger partial charge in [-0.25, -0.2) is 17.5 Å². The standard InChI is InChI=1S/C14H23FN2O2S/c1-10(2)4-5-11(3)17-20(18,19)13-6-7-14(15)12(8-13)9-16/h6-8,10-11,17H,4-5,9,16H2,1-3H3. The van der Waals surface area contributed by atoms with Gasteiger partial charge in [-0.2, -0.15) is 0 Å². The minimum Gasteiger partial charge on any atom is -0.326 e. The van der Waals surface area contributed by atoms with Crippen LogP contribution >= 0.6 is 0 Å². The van der Waals surface area contributed by atoms with Gasteiger partial charge < -0.3 is 5.73 Å². The van der Waals surface area contributed by atoms with Gasteiger partial charge in [-0.3, -0.25) is 0 Å². The summed E-state index contributed by atoms with van der Waals surface area (Å²) >= 11 is 0. The number of rotatable bonds is 7. The lowest BCUT2D eigenvalue weighted by atomic mass is 10.1. The zero-order valence-corrected chi connectivity index (χ0v) is 13.0. The molecule has 0 radical (unpaired) electrons. The number of hydrogen-bond donors (Lipinski definition) is 2. The molecule has 0 saturated carbocycles. The first-order valence-electron chi connectivity index (χ1n) is 6.77. The van der Waals surface area contributed by atoms with E-state index in [2.05, 4.69) is 18.6 Å². The van der Waals surface area contributed by atoms with E-state index in [1.54, 1.807) is 0 Å². The van der Waals surface area contributed by atoms with Crippen LogP contribution in [0.15, 0.2) is 23.1 Å². The van der Waals surface area contributed by atoms with Crippen molar-refractivity contribution in [1.82, 2.24) is 4.72 Å².